The number of halogens is 1. The predicted octanol–water partition coefficient (Wildman–Crippen LogP) is 3.62. The van der Waals surface area contributed by atoms with E-state index in [9.17, 15) is 4.79 Å². The molecule has 0 N–H and O–H groups in total. The van der Waals surface area contributed by atoms with E-state index in [-0.39, 0.29) is 17.2 Å². The molecule has 2 nitrogen and oxygen atoms in total. The van der Waals surface area contributed by atoms with E-state index in [1.807, 2.05) is 36.9 Å². The maximum atomic E-state index is 12.2. The largest absolute Gasteiger partial charge is 0.311 e. The topological polar surface area (TPSA) is 20.3 Å². The Balaban J connectivity index is 2.48. The van der Waals surface area contributed by atoms with Gasteiger partial charge in [0.1, 0.15) is 0 Å². The zero-order valence-corrected chi connectivity index (χ0v) is 11.5. The first kappa shape index (κ1) is 12.4. The van der Waals surface area contributed by atoms with Gasteiger partial charge >= 0.3 is 0 Å². The SMILES string of the molecule is CC(C)C(=O)N1CC(C)(C)c2cc(Cl)ccc21. The summed E-state index contributed by atoms with van der Waals surface area (Å²) in [6.07, 6.45) is 0. The molecule has 0 bridgehead atoms. The molecule has 0 atom stereocenters. The number of benzene rings is 1. The number of hydrogen-bond acceptors (Lipinski definition) is 1. The van der Waals surface area contributed by atoms with Gasteiger partial charge in [0.2, 0.25) is 5.91 Å². The predicted molar refractivity (Wildman–Crippen MR) is 71.7 cm³/mol. The highest BCUT2D eigenvalue weighted by Gasteiger charge is 2.38. The van der Waals surface area contributed by atoms with Crippen molar-refractivity contribution in [1.82, 2.24) is 0 Å². The van der Waals surface area contributed by atoms with Gasteiger partial charge in [0.15, 0.2) is 0 Å². The van der Waals surface area contributed by atoms with Crippen LogP contribution in [-0.2, 0) is 10.2 Å². The Morgan fingerprint density at radius 3 is 2.65 bits per heavy atom. The van der Waals surface area contributed by atoms with Crippen LogP contribution in [0, 0.1) is 5.92 Å². The molecule has 0 aromatic heterocycles. The summed E-state index contributed by atoms with van der Waals surface area (Å²) < 4.78 is 0. The highest BCUT2D eigenvalue weighted by molar-refractivity contribution is 6.30. The second-order valence-corrected chi connectivity index (χ2v) is 6.06. The third kappa shape index (κ3) is 2.06. The van der Waals surface area contributed by atoms with Gasteiger partial charge in [-0.25, -0.2) is 0 Å². The van der Waals surface area contributed by atoms with Gasteiger partial charge in [-0.1, -0.05) is 39.3 Å². The van der Waals surface area contributed by atoms with Crippen molar-refractivity contribution in [2.75, 3.05) is 11.4 Å². The number of carbonyl (C=O) groups excluding carboxylic acids is 1. The molecule has 1 heterocycles. The minimum atomic E-state index is -0.0230. The molecule has 0 spiro atoms. The standard InChI is InChI=1S/C14H18ClNO/c1-9(2)13(17)16-8-14(3,4)11-7-10(15)5-6-12(11)16/h5-7,9H,8H2,1-4H3. The molecule has 1 aromatic carbocycles. The molecule has 3 heteroatoms. The first-order valence-corrected chi connectivity index (χ1v) is 6.32. The maximum absolute atomic E-state index is 12.2. The smallest absolute Gasteiger partial charge is 0.229 e. The number of anilines is 1. The van der Waals surface area contributed by atoms with Crippen molar-refractivity contribution in [3.8, 4) is 0 Å². The summed E-state index contributed by atoms with van der Waals surface area (Å²) in [4.78, 5) is 14.1. The van der Waals surface area contributed by atoms with Gasteiger partial charge in [-0.3, -0.25) is 4.79 Å². The molecular weight excluding hydrogens is 234 g/mol. The van der Waals surface area contributed by atoms with Crippen molar-refractivity contribution in [1.29, 1.82) is 0 Å². The van der Waals surface area contributed by atoms with Crippen LogP contribution in [0.1, 0.15) is 33.3 Å². The molecule has 0 unspecified atom stereocenters. The Bertz CT molecular complexity index is 465. The highest BCUT2D eigenvalue weighted by atomic mass is 35.5. The average Bonchev–Trinajstić information content (AvgIpc) is 2.50. The van der Waals surface area contributed by atoms with E-state index >= 15 is 0 Å². The van der Waals surface area contributed by atoms with E-state index in [0.717, 1.165) is 17.3 Å². The summed E-state index contributed by atoms with van der Waals surface area (Å²) in [5.74, 6) is 0.201. The van der Waals surface area contributed by atoms with Crippen molar-refractivity contribution in [2.45, 2.75) is 33.1 Å². The van der Waals surface area contributed by atoms with Gasteiger partial charge in [-0.05, 0) is 23.8 Å². The zero-order chi connectivity index (χ0) is 12.8. The van der Waals surface area contributed by atoms with Gasteiger partial charge in [0.25, 0.3) is 0 Å². The lowest BCUT2D eigenvalue weighted by atomic mass is 9.87. The van der Waals surface area contributed by atoms with E-state index in [0.29, 0.717) is 0 Å². The minimum absolute atomic E-state index is 0.0208. The quantitative estimate of drug-likeness (QED) is 0.747. The van der Waals surface area contributed by atoms with Gasteiger partial charge in [-0.2, -0.15) is 0 Å². The third-order valence-corrected chi connectivity index (χ3v) is 3.53. The Morgan fingerprint density at radius 1 is 1.41 bits per heavy atom. The lowest BCUT2D eigenvalue weighted by molar-refractivity contribution is -0.121. The second kappa shape index (κ2) is 4.02. The lowest BCUT2D eigenvalue weighted by Gasteiger charge is -2.22. The number of nitrogens with zero attached hydrogens (tertiary/aromatic N) is 1. The van der Waals surface area contributed by atoms with Crippen LogP contribution in [-0.4, -0.2) is 12.5 Å². The summed E-state index contributed by atoms with van der Waals surface area (Å²) in [6.45, 7) is 8.90. The third-order valence-electron chi connectivity index (χ3n) is 3.29. The fraction of sp³-hybridized carbons (Fsp3) is 0.500. The number of amides is 1. The molecule has 0 aliphatic carbocycles. The van der Waals surface area contributed by atoms with Crippen molar-refractivity contribution in [3.05, 3.63) is 28.8 Å². The van der Waals surface area contributed by atoms with Gasteiger partial charge < -0.3 is 4.90 Å². The first-order valence-electron chi connectivity index (χ1n) is 5.94. The van der Waals surface area contributed by atoms with E-state index in [4.69, 9.17) is 11.6 Å². The molecule has 1 amide bonds. The summed E-state index contributed by atoms with van der Waals surface area (Å²) >= 11 is 6.04. The molecule has 92 valence electrons. The summed E-state index contributed by atoms with van der Waals surface area (Å²) in [7, 11) is 0. The Kier molecular flexibility index (Phi) is 2.94. The minimum Gasteiger partial charge on any atom is -0.311 e. The van der Waals surface area contributed by atoms with Gasteiger partial charge in [-0.15, -0.1) is 0 Å². The van der Waals surface area contributed by atoms with Crippen LogP contribution in [0.3, 0.4) is 0 Å². The molecular formula is C14H18ClNO. The Morgan fingerprint density at radius 2 is 2.06 bits per heavy atom. The van der Waals surface area contributed by atoms with Crippen molar-refractivity contribution >= 4 is 23.2 Å². The van der Waals surface area contributed by atoms with Crippen LogP contribution >= 0.6 is 11.6 Å². The fourth-order valence-electron chi connectivity index (χ4n) is 2.36. The highest BCUT2D eigenvalue weighted by Crippen LogP contribution is 2.42. The lowest BCUT2D eigenvalue weighted by Crippen LogP contribution is -2.36. The molecule has 0 saturated heterocycles. The van der Waals surface area contributed by atoms with Crippen molar-refractivity contribution < 1.29 is 4.79 Å². The van der Waals surface area contributed by atoms with Crippen LogP contribution < -0.4 is 4.90 Å². The average molecular weight is 252 g/mol. The van der Waals surface area contributed by atoms with Crippen LogP contribution in [0.4, 0.5) is 5.69 Å². The molecule has 2 rings (SSSR count). The van der Waals surface area contributed by atoms with Crippen LogP contribution in [0.2, 0.25) is 5.02 Å². The van der Waals surface area contributed by atoms with Crippen LogP contribution in [0.15, 0.2) is 18.2 Å². The van der Waals surface area contributed by atoms with Crippen LogP contribution in [0.25, 0.3) is 0 Å². The molecule has 1 aromatic rings. The van der Waals surface area contributed by atoms with Crippen molar-refractivity contribution in [2.24, 2.45) is 5.92 Å². The van der Waals surface area contributed by atoms with Crippen LogP contribution in [0.5, 0.6) is 0 Å². The fourth-order valence-corrected chi connectivity index (χ4v) is 2.53. The number of fused-ring (bicyclic) bond motifs is 1. The van der Waals surface area contributed by atoms with E-state index in [2.05, 4.69) is 13.8 Å². The number of carbonyl (C=O) groups is 1. The first-order chi connectivity index (χ1) is 7.83. The molecule has 0 radical (unpaired) electrons. The normalized spacial score (nSPS) is 17.4. The van der Waals surface area contributed by atoms with Gasteiger partial charge in [0, 0.05) is 28.6 Å². The van der Waals surface area contributed by atoms with E-state index in [1.54, 1.807) is 0 Å². The Hall–Kier alpha value is -1.02. The zero-order valence-electron chi connectivity index (χ0n) is 10.7. The van der Waals surface area contributed by atoms with E-state index in [1.165, 1.54) is 5.56 Å². The summed E-state index contributed by atoms with van der Waals surface area (Å²) in [6, 6.07) is 5.78. The molecule has 0 saturated carbocycles. The Labute approximate surface area is 108 Å². The molecule has 17 heavy (non-hydrogen) atoms. The van der Waals surface area contributed by atoms with E-state index < -0.39 is 0 Å². The number of rotatable bonds is 1. The number of hydrogen-bond donors (Lipinski definition) is 0. The van der Waals surface area contributed by atoms with Gasteiger partial charge in [0.05, 0.1) is 0 Å². The summed E-state index contributed by atoms with van der Waals surface area (Å²) in [5, 5.41) is 0.732. The molecule has 1 aliphatic rings. The molecule has 1 aliphatic heterocycles. The second-order valence-electron chi connectivity index (χ2n) is 5.62. The molecule has 0 fully saturated rings. The maximum Gasteiger partial charge on any atom is 0.229 e. The summed E-state index contributed by atoms with van der Waals surface area (Å²) in [5.41, 5.74) is 2.15. The monoisotopic (exact) mass is 251 g/mol. The van der Waals surface area contributed by atoms with Crippen molar-refractivity contribution in [3.63, 3.8) is 0 Å².